The minimum Gasteiger partial charge on any atom is -0.370 e. The summed E-state index contributed by atoms with van der Waals surface area (Å²) in [6, 6.07) is 0. The van der Waals surface area contributed by atoms with Gasteiger partial charge in [-0.05, 0) is 56.3 Å². The first-order valence-electron chi connectivity index (χ1n) is 8.15. The van der Waals surface area contributed by atoms with Crippen LogP contribution in [0.5, 0.6) is 0 Å². The lowest BCUT2D eigenvalue weighted by Crippen LogP contribution is -2.52. The van der Waals surface area contributed by atoms with E-state index in [1.165, 1.54) is 49.8 Å². The highest BCUT2D eigenvalue weighted by Crippen LogP contribution is 2.59. The van der Waals surface area contributed by atoms with Crippen LogP contribution in [0.3, 0.4) is 0 Å². The van der Waals surface area contributed by atoms with Crippen molar-refractivity contribution < 1.29 is 4.74 Å². The van der Waals surface area contributed by atoms with E-state index < -0.39 is 0 Å². The molecule has 0 atom stereocenters. The molecule has 1 aromatic heterocycles. The van der Waals surface area contributed by atoms with Crippen molar-refractivity contribution in [2.24, 2.45) is 23.5 Å². The van der Waals surface area contributed by atoms with Crippen LogP contribution in [0.25, 0.3) is 0 Å². The van der Waals surface area contributed by atoms with Crippen molar-refractivity contribution in [1.29, 1.82) is 0 Å². The van der Waals surface area contributed by atoms with Gasteiger partial charge in [-0.25, -0.2) is 0 Å². The van der Waals surface area contributed by atoms with Crippen LogP contribution in [0.15, 0.2) is 0 Å². The van der Waals surface area contributed by atoms with E-state index in [4.69, 9.17) is 15.6 Å². The zero-order chi connectivity index (χ0) is 13.3. The van der Waals surface area contributed by atoms with Gasteiger partial charge in [-0.15, -0.1) is 0 Å². The summed E-state index contributed by atoms with van der Waals surface area (Å²) in [7, 11) is 0. The molecule has 0 saturated heterocycles. The zero-order valence-electron chi connectivity index (χ0n) is 12.0. The molecule has 4 aliphatic carbocycles. The van der Waals surface area contributed by atoms with Gasteiger partial charge in [0.15, 0.2) is 0 Å². The number of nitrogens with two attached hydrogens (primary N) is 1. The molecule has 4 nitrogen and oxygen atoms in total. The lowest BCUT2D eigenvalue weighted by Gasteiger charge is -2.56. The molecule has 4 bridgehead atoms. The predicted octanol–water partition coefficient (Wildman–Crippen LogP) is 2.30. The number of hydrogen-bond donors (Lipinski definition) is 1. The van der Waals surface area contributed by atoms with Crippen LogP contribution in [0, 0.1) is 17.8 Å². The van der Waals surface area contributed by atoms with Crippen molar-refractivity contribution >= 4 is 0 Å². The normalized spacial score (nSPS) is 41.4. The molecule has 2 N–H and O–H groups in total. The standard InChI is InChI=1S/C16H23N3O/c17-7-14-13-8-20-9-15(13)19(18-14)16-4-10-1-11(5-16)3-12(2-10)6-16/h10-12H,1-9,17H2. The second kappa shape index (κ2) is 3.86. The monoisotopic (exact) mass is 273 g/mol. The van der Waals surface area contributed by atoms with Gasteiger partial charge in [0.05, 0.1) is 30.1 Å². The van der Waals surface area contributed by atoms with E-state index in [1.54, 1.807) is 0 Å². The third-order valence-corrected chi connectivity index (χ3v) is 6.31. The van der Waals surface area contributed by atoms with Crippen LogP contribution < -0.4 is 5.73 Å². The molecule has 1 aliphatic heterocycles. The zero-order valence-corrected chi connectivity index (χ0v) is 12.0. The van der Waals surface area contributed by atoms with Gasteiger partial charge >= 0.3 is 0 Å². The Morgan fingerprint density at radius 1 is 1.10 bits per heavy atom. The summed E-state index contributed by atoms with van der Waals surface area (Å²) in [5.41, 5.74) is 9.91. The van der Waals surface area contributed by atoms with E-state index >= 15 is 0 Å². The van der Waals surface area contributed by atoms with Crippen molar-refractivity contribution in [1.82, 2.24) is 9.78 Å². The van der Waals surface area contributed by atoms with E-state index in [0.717, 1.165) is 30.1 Å². The summed E-state index contributed by atoms with van der Waals surface area (Å²) >= 11 is 0. The molecule has 2 heterocycles. The summed E-state index contributed by atoms with van der Waals surface area (Å²) in [4.78, 5) is 0. The number of nitrogens with zero attached hydrogens (tertiary/aromatic N) is 2. The fourth-order valence-electron chi connectivity index (χ4n) is 5.98. The summed E-state index contributed by atoms with van der Waals surface area (Å²) in [6.45, 7) is 2.00. The van der Waals surface area contributed by atoms with Crippen LogP contribution in [0.4, 0.5) is 0 Å². The van der Waals surface area contributed by atoms with E-state index in [2.05, 4.69) is 4.68 Å². The van der Waals surface area contributed by atoms with Crippen molar-refractivity contribution in [2.75, 3.05) is 0 Å². The van der Waals surface area contributed by atoms with Crippen LogP contribution in [-0.2, 0) is 30.0 Å². The van der Waals surface area contributed by atoms with Crippen molar-refractivity contribution in [3.05, 3.63) is 17.0 Å². The maximum atomic E-state index is 5.90. The Labute approximate surface area is 119 Å². The fraction of sp³-hybridized carbons (Fsp3) is 0.812. The van der Waals surface area contributed by atoms with E-state index in [0.29, 0.717) is 18.7 Å². The summed E-state index contributed by atoms with van der Waals surface area (Å²) < 4.78 is 8.08. The average molecular weight is 273 g/mol. The van der Waals surface area contributed by atoms with Crippen molar-refractivity contribution in [2.45, 2.75) is 63.8 Å². The largest absolute Gasteiger partial charge is 0.370 e. The topological polar surface area (TPSA) is 53.1 Å². The molecule has 4 fully saturated rings. The van der Waals surface area contributed by atoms with Crippen molar-refractivity contribution in [3.63, 3.8) is 0 Å². The first-order chi connectivity index (χ1) is 9.77. The van der Waals surface area contributed by atoms with Gasteiger partial charge in [0.25, 0.3) is 0 Å². The van der Waals surface area contributed by atoms with E-state index in [-0.39, 0.29) is 0 Å². The molecule has 0 aromatic carbocycles. The molecule has 0 spiro atoms. The SMILES string of the molecule is NCc1nn(C23CC4CC(CC(C4)C2)C3)c2c1COC2. The lowest BCUT2D eigenvalue weighted by molar-refractivity contribution is -0.0523. The summed E-state index contributed by atoms with van der Waals surface area (Å²) in [5.74, 6) is 2.85. The molecule has 0 unspecified atom stereocenters. The Morgan fingerprint density at radius 2 is 1.75 bits per heavy atom. The molecule has 4 saturated carbocycles. The second-order valence-electron chi connectivity index (χ2n) is 7.62. The van der Waals surface area contributed by atoms with Gasteiger partial charge in [-0.1, -0.05) is 0 Å². The first kappa shape index (κ1) is 11.8. The van der Waals surface area contributed by atoms with Gasteiger partial charge in [0.1, 0.15) is 0 Å². The van der Waals surface area contributed by atoms with Gasteiger partial charge < -0.3 is 10.5 Å². The highest BCUT2D eigenvalue weighted by molar-refractivity contribution is 5.29. The molecule has 5 aliphatic rings. The lowest BCUT2D eigenvalue weighted by atomic mass is 9.53. The smallest absolute Gasteiger partial charge is 0.0893 e. The Balaban J connectivity index is 1.63. The minimum atomic E-state index is 0.306. The number of hydrogen-bond acceptors (Lipinski definition) is 3. The molecule has 20 heavy (non-hydrogen) atoms. The minimum absolute atomic E-state index is 0.306. The molecule has 6 rings (SSSR count). The summed E-state index contributed by atoms with van der Waals surface area (Å²) in [5, 5.41) is 4.95. The molecular formula is C16H23N3O. The Bertz CT molecular complexity index is 527. The fourth-order valence-corrected chi connectivity index (χ4v) is 5.98. The Kier molecular flexibility index (Phi) is 2.27. The Morgan fingerprint density at radius 3 is 2.35 bits per heavy atom. The first-order valence-corrected chi connectivity index (χ1v) is 8.15. The number of rotatable bonds is 2. The highest BCUT2D eigenvalue weighted by atomic mass is 16.5. The maximum absolute atomic E-state index is 5.90. The van der Waals surface area contributed by atoms with Crippen LogP contribution in [-0.4, -0.2) is 9.78 Å². The predicted molar refractivity (Wildman–Crippen MR) is 74.8 cm³/mol. The maximum Gasteiger partial charge on any atom is 0.0893 e. The summed E-state index contributed by atoms with van der Waals surface area (Å²) in [6.07, 6.45) is 8.46. The molecule has 0 amide bonds. The number of fused-ring (bicyclic) bond motifs is 1. The average Bonchev–Trinajstić information content (AvgIpc) is 2.97. The van der Waals surface area contributed by atoms with Crippen LogP contribution in [0.1, 0.15) is 55.5 Å². The van der Waals surface area contributed by atoms with Crippen LogP contribution in [0.2, 0.25) is 0 Å². The third kappa shape index (κ3) is 1.41. The quantitative estimate of drug-likeness (QED) is 0.899. The second-order valence-corrected chi connectivity index (χ2v) is 7.62. The molecular weight excluding hydrogens is 250 g/mol. The molecule has 0 radical (unpaired) electrons. The van der Waals surface area contributed by atoms with Gasteiger partial charge in [-0.2, -0.15) is 5.10 Å². The highest BCUT2D eigenvalue weighted by Gasteiger charge is 2.53. The van der Waals surface area contributed by atoms with Crippen LogP contribution >= 0.6 is 0 Å². The molecule has 108 valence electrons. The van der Waals surface area contributed by atoms with Gasteiger partial charge in [0.2, 0.25) is 0 Å². The number of ether oxygens (including phenoxy) is 1. The Hall–Kier alpha value is -0.870. The van der Waals surface area contributed by atoms with Gasteiger partial charge in [0, 0.05) is 12.1 Å². The number of aromatic nitrogens is 2. The van der Waals surface area contributed by atoms with Crippen molar-refractivity contribution in [3.8, 4) is 0 Å². The molecule has 4 heteroatoms. The third-order valence-electron chi connectivity index (χ3n) is 6.31. The van der Waals surface area contributed by atoms with E-state index in [9.17, 15) is 0 Å². The van der Waals surface area contributed by atoms with Gasteiger partial charge in [-0.3, -0.25) is 4.68 Å². The van der Waals surface area contributed by atoms with E-state index in [1.807, 2.05) is 0 Å². The molecule has 1 aromatic rings.